The maximum atomic E-state index is 13.3. The zero-order chi connectivity index (χ0) is 23.9. The second-order valence-corrected chi connectivity index (χ2v) is 8.56. The molecule has 1 heterocycles. The molecule has 0 radical (unpaired) electrons. The molecule has 0 aromatic heterocycles. The van der Waals surface area contributed by atoms with E-state index < -0.39 is 12.5 Å². The Kier molecular flexibility index (Phi) is 9.61. The van der Waals surface area contributed by atoms with Crippen LogP contribution in [0.2, 0.25) is 5.02 Å². The minimum absolute atomic E-state index is 0. The van der Waals surface area contributed by atoms with Gasteiger partial charge in [0.05, 0.1) is 23.9 Å². The number of hydrogen-bond donors (Lipinski definition) is 0. The normalized spacial score (nSPS) is 16.7. The number of benzene rings is 3. The van der Waals surface area contributed by atoms with Gasteiger partial charge in [-0.2, -0.15) is 0 Å². The van der Waals surface area contributed by atoms with Crippen molar-refractivity contribution in [3.8, 4) is 0 Å². The van der Waals surface area contributed by atoms with Crippen LogP contribution in [0.5, 0.6) is 0 Å². The van der Waals surface area contributed by atoms with E-state index in [1.807, 2.05) is 60.7 Å². The van der Waals surface area contributed by atoms with Crippen molar-refractivity contribution in [1.29, 1.82) is 0 Å². The average Bonchev–Trinajstić information content (AvgIpc) is 3.30. The summed E-state index contributed by atoms with van der Waals surface area (Å²) in [6, 6.07) is 23.9. The van der Waals surface area contributed by atoms with Crippen molar-refractivity contribution in [3.05, 3.63) is 101 Å². The molecule has 3 aromatic carbocycles. The van der Waals surface area contributed by atoms with Gasteiger partial charge in [0.25, 0.3) is 0 Å². The summed E-state index contributed by atoms with van der Waals surface area (Å²) >= 11 is 6.27. The minimum Gasteiger partial charge on any atom is -0.861 e. The van der Waals surface area contributed by atoms with Crippen molar-refractivity contribution in [2.24, 2.45) is 9.98 Å². The molecular formula is C27H24ClN3NiO3. The first-order valence-corrected chi connectivity index (χ1v) is 11.5. The van der Waals surface area contributed by atoms with Crippen LogP contribution in [-0.2, 0) is 27.8 Å². The molecule has 4 rings (SSSR count). The van der Waals surface area contributed by atoms with Crippen LogP contribution in [0.3, 0.4) is 0 Å². The van der Waals surface area contributed by atoms with E-state index in [1.54, 1.807) is 18.2 Å². The fourth-order valence-electron chi connectivity index (χ4n) is 4.17. The number of aliphatic carboxylic acids is 1. The van der Waals surface area contributed by atoms with Crippen LogP contribution >= 0.6 is 11.6 Å². The van der Waals surface area contributed by atoms with E-state index >= 15 is 0 Å². The summed E-state index contributed by atoms with van der Waals surface area (Å²) in [6.07, 6.45) is 1.66. The van der Waals surface area contributed by atoms with Crippen LogP contribution in [0.25, 0.3) is 0 Å². The molecule has 1 atom stereocenters. The molecule has 0 bridgehead atoms. The van der Waals surface area contributed by atoms with Gasteiger partial charge in [-0.05, 0) is 49.0 Å². The number of carboxylic acid groups (broad SMARTS) is 1. The van der Waals surface area contributed by atoms with Crippen molar-refractivity contribution in [1.82, 2.24) is 4.90 Å². The summed E-state index contributed by atoms with van der Waals surface area (Å²) in [5, 5.41) is 24.9. The van der Waals surface area contributed by atoms with E-state index in [9.17, 15) is 15.0 Å². The SMILES string of the molecule is O=C([O-])CN=C(c1ccccc1)c1cc(Cl)ccc1N=C([O-])[C@@H]1CCCN1Cc1ccccc1.[Ni+2]. The largest absolute Gasteiger partial charge is 2.00 e. The first-order valence-electron chi connectivity index (χ1n) is 11.1. The average molecular weight is 533 g/mol. The minimum atomic E-state index is -1.30. The third kappa shape index (κ3) is 7.01. The monoisotopic (exact) mass is 531 g/mol. The standard InChI is InChI=1S/C27H26ClN3O3.Ni/c28-21-13-14-23(22(16-21)26(29-17-25(32)33)20-10-5-2-6-11-20)30-27(34)24-12-7-15-31(24)18-19-8-3-1-4-9-19;/h1-6,8-11,13-14,16,24H,7,12,15,17-18H2,(H,30,34)(H,32,33);/q;+2/p-2/t24-;/m0./s1. The third-order valence-electron chi connectivity index (χ3n) is 5.74. The Hall–Kier alpha value is -2.99. The van der Waals surface area contributed by atoms with Crippen molar-refractivity contribution >= 4 is 34.9 Å². The van der Waals surface area contributed by atoms with Gasteiger partial charge < -0.3 is 15.0 Å². The number of halogens is 1. The van der Waals surface area contributed by atoms with E-state index in [-0.39, 0.29) is 28.4 Å². The summed E-state index contributed by atoms with van der Waals surface area (Å²) < 4.78 is 0. The number of hydrogen-bond acceptors (Lipinski definition) is 6. The van der Waals surface area contributed by atoms with E-state index in [2.05, 4.69) is 14.9 Å². The molecule has 35 heavy (non-hydrogen) atoms. The molecule has 1 fully saturated rings. The Morgan fingerprint density at radius 2 is 1.69 bits per heavy atom. The van der Waals surface area contributed by atoms with Gasteiger partial charge in [0, 0.05) is 28.7 Å². The van der Waals surface area contributed by atoms with Crippen LogP contribution < -0.4 is 10.2 Å². The molecule has 0 saturated carbocycles. The van der Waals surface area contributed by atoms with Gasteiger partial charge in [-0.3, -0.25) is 14.9 Å². The molecule has 1 saturated heterocycles. The van der Waals surface area contributed by atoms with Gasteiger partial charge in [-0.25, -0.2) is 0 Å². The van der Waals surface area contributed by atoms with Gasteiger partial charge in [-0.1, -0.05) is 72.3 Å². The number of carboxylic acids is 1. The second kappa shape index (κ2) is 12.6. The van der Waals surface area contributed by atoms with Crippen molar-refractivity contribution in [2.75, 3.05) is 13.1 Å². The molecule has 3 aromatic rings. The quantitative estimate of drug-likeness (QED) is 0.253. The van der Waals surface area contributed by atoms with Gasteiger partial charge in [-0.15, -0.1) is 0 Å². The number of nitrogens with zero attached hydrogens (tertiary/aromatic N) is 3. The van der Waals surface area contributed by atoms with E-state index in [0.29, 0.717) is 34.1 Å². The molecule has 1 aliphatic heterocycles. The number of aliphatic imine (C=N–C) groups is 2. The molecule has 1 aliphatic rings. The Bertz CT molecular complexity index is 1200. The summed E-state index contributed by atoms with van der Waals surface area (Å²) in [6.45, 7) is 0.997. The first kappa shape index (κ1) is 26.6. The van der Waals surface area contributed by atoms with Crippen LogP contribution in [0, 0.1) is 0 Å². The molecule has 0 unspecified atom stereocenters. The maximum absolute atomic E-state index is 13.3. The molecule has 8 heteroatoms. The van der Waals surface area contributed by atoms with E-state index in [1.165, 1.54) is 0 Å². The number of carbonyl (C=O) groups excluding carboxylic acids is 1. The maximum Gasteiger partial charge on any atom is 2.00 e. The van der Waals surface area contributed by atoms with Crippen molar-refractivity contribution in [2.45, 2.75) is 25.4 Å². The fourth-order valence-corrected chi connectivity index (χ4v) is 4.35. The Balaban J connectivity index is 0.00000342. The summed E-state index contributed by atoms with van der Waals surface area (Å²) in [5.41, 5.74) is 3.14. The van der Waals surface area contributed by atoms with Crippen LogP contribution in [0.4, 0.5) is 5.69 Å². The van der Waals surface area contributed by atoms with Gasteiger partial charge in [0.15, 0.2) is 0 Å². The summed E-state index contributed by atoms with van der Waals surface area (Å²) in [4.78, 5) is 22.0. The van der Waals surface area contributed by atoms with Gasteiger partial charge in [0.2, 0.25) is 0 Å². The Morgan fingerprint density at radius 1 is 1.00 bits per heavy atom. The van der Waals surface area contributed by atoms with Crippen LogP contribution in [0.1, 0.15) is 29.5 Å². The topological polar surface area (TPSA) is 91.1 Å². The second-order valence-electron chi connectivity index (χ2n) is 8.13. The van der Waals surface area contributed by atoms with E-state index in [4.69, 9.17) is 11.6 Å². The zero-order valence-electron chi connectivity index (χ0n) is 18.9. The van der Waals surface area contributed by atoms with Crippen LogP contribution in [-0.4, -0.2) is 41.6 Å². The van der Waals surface area contributed by atoms with Gasteiger partial charge >= 0.3 is 16.5 Å². The molecule has 0 aliphatic carbocycles. The number of rotatable bonds is 8. The molecule has 182 valence electrons. The predicted molar refractivity (Wildman–Crippen MR) is 130 cm³/mol. The van der Waals surface area contributed by atoms with Gasteiger partial charge in [0.1, 0.15) is 0 Å². The smallest absolute Gasteiger partial charge is 0.861 e. The first-order chi connectivity index (χ1) is 16.5. The molecule has 0 N–H and O–H groups in total. The van der Waals surface area contributed by atoms with Crippen LogP contribution in [0.15, 0.2) is 88.8 Å². The van der Waals surface area contributed by atoms with Crippen molar-refractivity contribution in [3.63, 3.8) is 0 Å². The zero-order valence-corrected chi connectivity index (χ0v) is 20.6. The predicted octanol–water partition coefficient (Wildman–Crippen LogP) is 2.98. The molecule has 6 nitrogen and oxygen atoms in total. The van der Waals surface area contributed by atoms with Crippen molar-refractivity contribution < 1.29 is 31.5 Å². The fraction of sp³-hybridized carbons (Fsp3) is 0.222. The summed E-state index contributed by atoms with van der Waals surface area (Å²) in [5.74, 6) is -1.53. The number of carbonyl (C=O) groups is 1. The third-order valence-corrected chi connectivity index (χ3v) is 5.97. The Morgan fingerprint density at radius 3 is 2.37 bits per heavy atom. The molecule has 0 spiro atoms. The molecule has 0 amide bonds. The summed E-state index contributed by atoms with van der Waals surface area (Å²) in [7, 11) is 0. The number of likely N-dealkylation sites (tertiary alicyclic amines) is 1. The van der Waals surface area contributed by atoms with E-state index in [0.717, 1.165) is 24.9 Å². The molecular weight excluding hydrogens is 508 g/mol. The Labute approximate surface area is 219 Å².